The molecular formula is C20H29ClN2O3. The summed E-state index contributed by atoms with van der Waals surface area (Å²) in [6.07, 6.45) is 3.59. The molecule has 1 unspecified atom stereocenters. The van der Waals surface area contributed by atoms with Gasteiger partial charge in [-0.25, -0.2) is 0 Å². The molecule has 1 amide bonds. The van der Waals surface area contributed by atoms with Crippen LogP contribution in [-0.2, 0) is 0 Å². The molecule has 2 saturated heterocycles. The predicted molar refractivity (Wildman–Crippen MR) is 103 cm³/mol. The lowest BCUT2D eigenvalue weighted by Gasteiger charge is -2.24. The summed E-state index contributed by atoms with van der Waals surface area (Å²) < 4.78 is 11.2. The van der Waals surface area contributed by atoms with Crippen molar-refractivity contribution < 1.29 is 14.3 Å². The lowest BCUT2D eigenvalue weighted by atomic mass is 10.1. The zero-order valence-corrected chi connectivity index (χ0v) is 16.7. The third-order valence-corrected chi connectivity index (χ3v) is 5.43. The number of amides is 1. The molecule has 2 aliphatic heterocycles. The van der Waals surface area contributed by atoms with E-state index in [9.17, 15) is 4.79 Å². The van der Waals surface area contributed by atoms with Crippen molar-refractivity contribution in [2.45, 2.75) is 39.2 Å². The first kappa shape index (κ1) is 19.3. The van der Waals surface area contributed by atoms with Crippen LogP contribution in [0, 0.1) is 5.92 Å². The second kappa shape index (κ2) is 8.49. The van der Waals surface area contributed by atoms with Crippen LogP contribution in [-0.4, -0.2) is 61.6 Å². The van der Waals surface area contributed by atoms with Gasteiger partial charge in [0.25, 0.3) is 5.91 Å². The number of halogens is 1. The van der Waals surface area contributed by atoms with Crippen LogP contribution in [0.1, 0.15) is 43.5 Å². The van der Waals surface area contributed by atoms with Gasteiger partial charge < -0.3 is 14.4 Å². The Hall–Kier alpha value is -1.46. The molecule has 1 atom stereocenters. The molecule has 0 aromatic heterocycles. The number of hydrogen-bond donors (Lipinski definition) is 0. The number of likely N-dealkylation sites (tertiary alicyclic amines) is 2. The topological polar surface area (TPSA) is 42.0 Å². The van der Waals surface area contributed by atoms with E-state index in [1.165, 1.54) is 12.8 Å². The molecule has 0 saturated carbocycles. The van der Waals surface area contributed by atoms with E-state index in [1.807, 2.05) is 4.90 Å². The summed E-state index contributed by atoms with van der Waals surface area (Å²) in [5.41, 5.74) is 0.561. The van der Waals surface area contributed by atoms with E-state index in [0.717, 1.165) is 32.6 Å². The van der Waals surface area contributed by atoms with Gasteiger partial charge in [0, 0.05) is 24.7 Å². The Bertz CT molecular complexity index is 644. The minimum absolute atomic E-state index is 0.0160. The molecule has 144 valence electrons. The number of carbonyl (C=O) groups is 1. The maximum Gasteiger partial charge on any atom is 0.254 e. The molecule has 1 aromatic rings. The van der Waals surface area contributed by atoms with Gasteiger partial charge in [-0.05, 0) is 50.4 Å². The fraction of sp³-hybridized carbons (Fsp3) is 0.650. The molecule has 5 nitrogen and oxygen atoms in total. The number of methoxy groups -OCH3 is 1. The lowest BCUT2D eigenvalue weighted by molar-refractivity contribution is 0.0779. The second-order valence-corrected chi connectivity index (χ2v) is 8.04. The van der Waals surface area contributed by atoms with E-state index in [-0.39, 0.29) is 5.91 Å². The van der Waals surface area contributed by atoms with E-state index in [1.54, 1.807) is 19.2 Å². The van der Waals surface area contributed by atoms with Gasteiger partial charge in [-0.2, -0.15) is 0 Å². The number of carbonyl (C=O) groups excluding carboxylic acids is 1. The van der Waals surface area contributed by atoms with Crippen LogP contribution in [0.2, 0.25) is 5.02 Å². The van der Waals surface area contributed by atoms with Gasteiger partial charge in [0.1, 0.15) is 0 Å². The average molecular weight is 381 g/mol. The summed E-state index contributed by atoms with van der Waals surface area (Å²) in [6.45, 7) is 8.61. The van der Waals surface area contributed by atoms with Crippen LogP contribution in [0.3, 0.4) is 0 Å². The monoisotopic (exact) mass is 380 g/mol. The van der Waals surface area contributed by atoms with Gasteiger partial charge in [-0.15, -0.1) is 0 Å². The molecule has 3 rings (SSSR count). The van der Waals surface area contributed by atoms with Gasteiger partial charge in [0.2, 0.25) is 0 Å². The summed E-state index contributed by atoms with van der Waals surface area (Å²) in [5.74, 6) is 1.42. The van der Waals surface area contributed by atoms with Gasteiger partial charge in [0.05, 0.1) is 18.7 Å². The Labute approximate surface area is 161 Å². The van der Waals surface area contributed by atoms with E-state index >= 15 is 0 Å². The van der Waals surface area contributed by atoms with Crippen LogP contribution < -0.4 is 9.47 Å². The highest BCUT2D eigenvalue weighted by Crippen LogP contribution is 2.37. The van der Waals surface area contributed by atoms with Crippen LogP contribution in [0.5, 0.6) is 11.5 Å². The highest BCUT2D eigenvalue weighted by Gasteiger charge is 2.32. The Balaban J connectivity index is 1.72. The Kier molecular flexibility index (Phi) is 6.30. The van der Waals surface area contributed by atoms with Crippen molar-refractivity contribution >= 4 is 17.5 Å². The standard InChI is InChI=1S/C20H29ClN2O3/c1-14(2)13-26-19-17(21)10-15(11-18(19)25-3)20(24)23-9-6-16(12-23)22-7-4-5-8-22/h10-11,14,16H,4-9,12-13H2,1-3H3. The Morgan fingerprint density at radius 2 is 2.00 bits per heavy atom. The SMILES string of the molecule is COc1cc(C(=O)N2CCC(N3CCCC3)C2)cc(Cl)c1OCC(C)C. The quantitative estimate of drug-likeness (QED) is 0.754. The highest BCUT2D eigenvalue weighted by molar-refractivity contribution is 6.32. The van der Waals surface area contributed by atoms with Gasteiger partial charge in [-0.3, -0.25) is 9.69 Å². The van der Waals surface area contributed by atoms with Crippen molar-refractivity contribution in [2.75, 3.05) is 39.9 Å². The maximum atomic E-state index is 13.0. The Morgan fingerprint density at radius 3 is 2.65 bits per heavy atom. The van der Waals surface area contributed by atoms with Crippen LogP contribution >= 0.6 is 11.6 Å². The van der Waals surface area contributed by atoms with E-state index in [2.05, 4.69) is 18.7 Å². The third-order valence-electron chi connectivity index (χ3n) is 5.15. The minimum Gasteiger partial charge on any atom is -0.493 e. The highest BCUT2D eigenvalue weighted by atomic mass is 35.5. The number of ether oxygens (including phenoxy) is 2. The van der Waals surface area contributed by atoms with Crippen LogP contribution in [0.4, 0.5) is 0 Å². The zero-order chi connectivity index (χ0) is 18.7. The summed E-state index contributed by atoms with van der Waals surface area (Å²) in [7, 11) is 1.57. The molecule has 0 aliphatic carbocycles. The largest absolute Gasteiger partial charge is 0.493 e. The van der Waals surface area contributed by atoms with Crippen molar-refractivity contribution in [3.05, 3.63) is 22.7 Å². The van der Waals surface area contributed by atoms with Crippen molar-refractivity contribution in [1.29, 1.82) is 0 Å². The number of rotatable bonds is 6. The second-order valence-electron chi connectivity index (χ2n) is 7.63. The predicted octanol–water partition coefficient (Wildman–Crippen LogP) is 3.69. The first-order valence-corrected chi connectivity index (χ1v) is 9.91. The zero-order valence-electron chi connectivity index (χ0n) is 16.0. The number of nitrogens with zero attached hydrogens (tertiary/aromatic N) is 2. The molecule has 1 aromatic carbocycles. The van der Waals surface area contributed by atoms with E-state index < -0.39 is 0 Å². The summed E-state index contributed by atoms with van der Waals surface area (Å²) in [4.78, 5) is 17.4. The van der Waals surface area contributed by atoms with Crippen molar-refractivity contribution in [1.82, 2.24) is 9.80 Å². The Morgan fingerprint density at radius 1 is 1.27 bits per heavy atom. The van der Waals surface area contributed by atoms with Crippen molar-refractivity contribution in [3.63, 3.8) is 0 Å². The van der Waals surface area contributed by atoms with Crippen molar-refractivity contribution in [2.24, 2.45) is 5.92 Å². The van der Waals surface area contributed by atoms with Crippen molar-refractivity contribution in [3.8, 4) is 11.5 Å². The van der Waals surface area contributed by atoms with Crippen LogP contribution in [0.15, 0.2) is 12.1 Å². The fourth-order valence-corrected chi connectivity index (χ4v) is 4.01. The normalized spacial score (nSPS) is 20.8. The first-order chi connectivity index (χ1) is 12.5. The molecule has 0 radical (unpaired) electrons. The lowest BCUT2D eigenvalue weighted by Crippen LogP contribution is -2.37. The molecule has 6 heteroatoms. The number of hydrogen-bond acceptors (Lipinski definition) is 4. The average Bonchev–Trinajstić information content (AvgIpc) is 3.30. The summed E-state index contributed by atoms with van der Waals surface area (Å²) in [6, 6.07) is 3.94. The van der Waals surface area contributed by atoms with E-state index in [0.29, 0.717) is 40.7 Å². The molecule has 0 N–H and O–H groups in total. The molecule has 0 spiro atoms. The van der Waals surface area contributed by atoms with Crippen LogP contribution in [0.25, 0.3) is 0 Å². The third kappa shape index (κ3) is 4.26. The van der Waals surface area contributed by atoms with Gasteiger partial charge in [-0.1, -0.05) is 25.4 Å². The molecule has 2 fully saturated rings. The van der Waals surface area contributed by atoms with Gasteiger partial charge >= 0.3 is 0 Å². The summed E-state index contributed by atoms with van der Waals surface area (Å²) >= 11 is 6.40. The molecule has 0 bridgehead atoms. The van der Waals surface area contributed by atoms with Gasteiger partial charge in [0.15, 0.2) is 11.5 Å². The minimum atomic E-state index is 0.0160. The molecular weight excluding hydrogens is 352 g/mol. The maximum absolute atomic E-state index is 13.0. The number of benzene rings is 1. The molecule has 26 heavy (non-hydrogen) atoms. The van der Waals surface area contributed by atoms with E-state index in [4.69, 9.17) is 21.1 Å². The smallest absolute Gasteiger partial charge is 0.254 e. The molecule has 2 aliphatic rings. The molecule has 2 heterocycles. The fourth-order valence-electron chi connectivity index (χ4n) is 3.75. The summed E-state index contributed by atoms with van der Waals surface area (Å²) in [5, 5.41) is 0.420. The first-order valence-electron chi connectivity index (χ1n) is 9.53.